The topological polar surface area (TPSA) is 79.5 Å². The molecule has 5 nitrogen and oxygen atoms in total. The van der Waals surface area contributed by atoms with Crippen LogP contribution in [-0.2, 0) is 0 Å². The van der Waals surface area contributed by atoms with Gasteiger partial charge in [-0.05, 0) is 24.8 Å². The lowest BCUT2D eigenvalue weighted by molar-refractivity contribution is 0.0697. The number of carboxylic acids is 1. The zero-order valence-electron chi connectivity index (χ0n) is 9.89. The smallest absolute Gasteiger partial charge is 0.339 e. The van der Waals surface area contributed by atoms with Crippen molar-refractivity contribution < 1.29 is 9.90 Å². The van der Waals surface area contributed by atoms with Crippen LogP contribution in [0, 0.1) is 5.92 Å². The average Bonchev–Trinajstić information content (AvgIpc) is 2.23. The van der Waals surface area contributed by atoms with Crippen molar-refractivity contribution in [3.63, 3.8) is 0 Å². The van der Waals surface area contributed by atoms with E-state index >= 15 is 0 Å². The molecule has 1 aromatic heterocycles. The van der Waals surface area contributed by atoms with Crippen LogP contribution in [0.25, 0.3) is 0 Å². The van der Waals surface area contributed by atoms with Crippen molar-refractivity contribution in [2.75, 3.05) is 24.2 Å². The maximum Gasteiger partial charge on any atom is 0.339 e. The maximum absolute atomic E-state index is 11.1. The van der Waals surface area contributed by atoms with Crippen LogP contribution < -0.4 is 10.6 Å². The van der Waals surface area contributed by atoms with Crippen LogP contribution in [0.1, 0.15) is 29.6 Å². The monoisotopic (exact) mass is 235 g/mol. The zero-order chi connectivity index (χ0) is 12.4. The molecule has 92 valence electrons. The number of pyridine rings is 1. The summed E-state index contributed by atoms with van der Waals surface area (Å²) in [5.74, 6) is 0.180. The summed E-state index contributed by atoms with van der Waals surface area (Å²) in [5.41, 5.74) is 6.11. The van der Waals surface area contributed by atoms with Gasteiger partial charge in [0.15, 0.2) is 0 Å². The predicted octanol–water partition coefficient (Wildman–Crippen LogP) is 1.60. The van der Waals surface area contributed by atoms with Crippen LogP contribution in [-0.4, -0.2) is 29.7 Å². The Balaban J connectivity index is 2.20. The van der Waals surface area contributed by atoms with Gasteiger partial charge < -0.3 is 15.7 Å². The van der Waals surface area contributed by atoms with Crippen molar-refractivity contribution >= 4 is 17.5 Å². The van der Waals surface area contributed by atoms with E-state index in [1.54, 1.807) is 0 Å². The number of rotatable bonds is 4. The predicted molar refractivity (Wildman–Crippen MR) is 66.2 cm³/mol. The SMILES string of the molecule is CN(CC1CCC1)c1ncc(N)cc1C(=O)O. The van der Waals surface area contributed by atoms with Crippen LogP contribution in [0.3, 0.4) is 0 Å². The minimum Gasteiger partial charge on any atom is -0.478 e. The summed E-state index contributed by atoms with van der Waals surface area (Å²) in [5, 5.41) is 9.12. The molecule has 0 unspecified atom stereocenters. The molecule has 1 fully saturated rings. The van der Waals surface area contributed by atoms with Gasteiger partial charge in [-0.3, -0.25) is 0 Å². The highest BCUT2D eigenvalue weighted by atomic mass is 16.4. The van der Waals surface area contributed by atoms with Gasteiger partial charge in [-0.2, -0.15) is 0 Å². The van der Waals surface area contributed by atoms with E-state index in [9.17, 15) is 4.79 Å². The van der Waals surface area contributed by atoms with Gasteiger partial charge in [0.2, 0.25) is 0 Å². The van der Waals surface area contributed by atoms with E-state index in [0.717, 1.165) is 6.54 Å². The molecule has 0 aliphatic heterocycles. The summed E-state index contributed by atoms with van der Waals surface area (Å²) in [4.78, 5) is 17.2. The first-order chi connectivity index (χ1) is 8.08. The van der Waals surface area contributed by atoms with E-state index in [1.807, 2.05) is 11.9 Å². The number of carbonyl (C=O) groups is 1. The number of aromatic carboxylic acids is 1. The fourth-order valence-corrected chi connectivity index (χ4v) is 2.08. The highest BCUT2D eigenvalue weighted by molar-refractivity contribution is 5.94. The number of nitrogens with two attached hydrogens (primary N) is 1. The van der Waals surface area contributed by atoms with E-state index in [0.29, 0.717) is 17.4 Å². The van der Waals surface area contributed by atoms with Gasteiger partial charge in [0, 0.05) is 13.6 Å². The summed E-state index contributed by atoms with van der Waals surface area (Å²) in [7, 11) is 1.88. The molecule has 1 heterocycles. The lowest BCUT2D eigenvalue weighted by atomic mass is 9.85. The molecule has 0 aromatic carbocycles. The van der Waals surface area contributed by atoms with Gasteiger partial charge in [-0.25, -0.2) is 9.78 Å². The van der Waals surface area contributed by atoms with Gasteiger partial charge in [0.05, 0.1) is 11.9 Å². The minimum atomic E-state index is -0.986. The van der Waals surface area contributed by atoms with Crippen molar-refractivity contribution in [1.29, 1.82) is 0 Å². The first kappa shape index (κ1) is 11.7. The summed E-state index contributed by atoms with van der Waals surface area (Å²) >= 11 is 0. The van der Waals surface area contributed by atoms with Gasteiger partial charge >= 0.3 is 5.97 Å². The first-order valence-electron chi connectivity index (χ1n) is 5.78. The third-order valence-electron chi connectivity index (χ3n) is 3.24. The summed E-state index contributed by atoms with van der Waals surface area (Å²) in [6.07, 6.45) is 5.22. The molecule has 1 saturated carbocycles. The highest BCUT2D eigenvalue weighted by Crippen LogP contribution is 2.29. The Morgan fingerprint density at radius 1 is 1.65 bits per heavy atom. The van der Waals surface area contributed by atoms with Crippen molar-refractivity contribution in [2.24, 2.45) is 5.92 Å². The van der Waals surface area contributed by atoms with Gasteiger partial charge in [0.25, 0.3) is 0 Å². The van der Waals surface area contributed by atoms with Gasteiger partial charge in [-0.15, -0.1) is 0 Å². The molecule has 1 aliphatic rings. The molecule has 17 heavy (non-hydrogen) atoms. The molecule has 0 bridgehead atoms. The lowest BCUT2D eigenvalue weighted by Crippen LogP contribution is -2.31. The Hall–Kier alpha value is -1.78. The van der Waals surface area contributed by atoms with E-state index in [-0.39, 0.29) is 5.56 Å². The Morgan fingerprint density at radius 2 is 2.35 bits per heavy atom. The molecule has 1 aliphatic carbocycles. The molecular weight excluding hydrogens is 218 g/mol. The van der Waals surface area contributed by atoms with E-state index in [2.05, 4.69) is 4.98 Å². The molecule has 2 rings (SSSR count). The molecule has 0 spiro atoms. The van der Waals surface area contributed by atoms with Gasteiger partial charge in [0.1, 0.15) is 11.4 Å². The number of aromatic nitrogens is 1. The summed E-state index contributed by atoms with van der Waals surface area (Å²) in [6, 6.07) is 1.46. The number of hydrogen-bond acceptors (Lipinski definition) is 4. The minimum absolute atomic E-state index is 0.173. The van der Waals surface area contributed by atoms with Crippen molar-refractivity contribution in [2.45, 2.75) is 19.3 Å². The molecule has 3 N–H and O–H groups in total. The maximum atomic E-state index is 11.1. The molecular formula is C12H17N3O2. The second-order valence-corrected chi connectivity index (χ2v) is 4.62. The Labute approximate surface area is 100 Å². The van der Waals surface area contributed by atoms with E-state index < -0.39 is 5.97 Å². The largest absolute Gasteiger partial charge is 0.478 e. The molecule has 0 amide bonds. The highest BCUT2D eigenvalue weighted by Gasteiger charge is 2.22. The van der Waals surface area contributed by atoms with Crippen molar-refractivity contribution in [3.8, 4) is 0 Å². The van der Waals surface area contributed by atoms with Crippen LogP contribution in [0.4, 0.5) is 11.5 Å². The van der Waals surface area contributed by atoms with Crippen LogP contribution in [0.2, 0.25) is 0 Å². The Kier molecular flexibility index (Phi) is 3.17. The molecule has 0 atom stereocenters. The summed E-state index contributed by atoms with van der Waals surface area (Å²) in [6.45, 7) is 0.858. The second kappa shape index (κ2) is 4.61. The second-order valence-electron chi connectivity index (χ2n) is 4.62. The first-order valence-corrected chi connectivity index (χ1v) is 5.78. The van der Waals surface area contributed by atoms with Crippen molar-refractivity contribution in [3.05, 3.63) is 17.8 Å². The molecule has 0 saturated heterocycles. The molecule has 5 heteroatoms. The van der Waals surface area contributed by atoms with Gasteiger partial charge in [-0.1, -0.05) is 6.42 Å². The Bertz CT molecular complexity index is 430. The average molecular weight is 235 g/mol. The number of hydrogen-bond donors (Lipinski definition) is 2. The fourth-order valence-electron chi connectivity index (χ4n) is 2.08. The fraction of sp³-hybridized carbons (Fsp3) is 0.500. The number of nitrogens with zero attached hydrogens (tertiary/aromatic N) is 2. The van der Waals surface area contributed by atoms with Crippen LogP contribution in [0.5, 0.6) is 0 Å². The third-order valence-corrected chi connectivity index (χ3v) is 3.24. The van der Waals surface area contributed by atoms with Crippen molar-refractivity contribution in [1.82, 2.24) is 4.98 Å². The third kappa shape index (κ3) is 2.49. The number of nitrogen functional groups attached to an aromatic ring is 1. The number of anilines is 2. The lowest BCUT2D eigenvalue weighted by Gasteiger charge is -2.31. The summed E-state index contributed by atoms with van der Waals surface area (Å²) < 4.78 is 0. The van der Waals surface area contributed by atoms with Crippen LogP contribution in [0.15, 0.2) is 12.3 Å². The quantitative estimate of drug-likeness (QED) is 0.828. The van der Waals surface area contributed by atoms with E-state index in [4.69, 9.17) is 10.8 Å². The molecule has 1 aromatic rings. The van der Waals surface area contributed by atoms with E-state index in [1.165, 1.54) is 31.5 Å². The van der Waals surface area contributed by atoms with Crippen LogP contribution >= 0.6 is 0 Å². The normalized spacial score (nSPS) is 15.4. The standard InChI is InChI=1S/C12H17N3O2/c1-15(7-8-3-2-4-8)11-10(12(16)17)5-9(13)6-14-11/h5-6,8H,2-4,7,13H2,1H3,(H,16,17). The Morgan fingerprint density at radius 3 is 2.88 bits per heavy atom. The number of carboxylic acid groups (broad SMARTS) is 1. The zero-order valence-corrected chi connectivity index (χ0v) is 9.89. The molecule has 0 radical (unpaired) electrons.